The quantitative estimate of drug-likeness (QED) is 0.887. The minimum atomic E-state index is 0.431. The Bertz CT molecular complexity index is 456. The standard InChI is InChI=1S/C15H20N2O/c1-2-10-6-7-14(16-12(10)3-1)17-13-8-9-18-15(13)11-4-5-11/h6-7,11,13,15H,1-5,8-9H2,(H,16,17). The first-order valence-electron chi connectivity index (χ1n) is 7.27. The van der Waals surface area contributed by atoms with Crippen molar-refractivity contribution in [2.75, 3.05) is 11.9 Å². The zero-order valence-corrected chi connectivity index (χ0v) is 10.7. The lowest BCUT2D eigenvalue weighted by Gasteiger charge is -2.20. The topological polar surface area (TPSA) is 34.2 Å². The SMILES string of the molecule is c1cc2c(nc1NC1CCOC1C1CC1)CCC2. The number of hydrogen-bond donors (Lipinski definition) is 1. The van der Waals surface area contributed by atoms with E-state index < -0.39 is 0 Å². The summed E-state index contributed by atoms with van der Waals surface area (Å²) in [4.78, 5) is 4.76. The summed E-state index contributed by atoms with van der Waals surface area (Å²) in [6.45, 7) is 0.907. The Morgan fingerprint density at radius 3 is 3.00 bits per heavy atom. The van der Waals surface area contributed by atoms with E-state index in [1.165, 1.54) is 36.9 Å². The van der Waals surface area contributed by atoms with Crippen LogP contribution in [0.4, 0.5) is 5.82 Å². The Morgan fingerprint density at radius 1 is 1.17 bits per heavy atom. The maximum Gasteiger partial charge on any atom is 0.126 e. The number of aryl methyl sites for hydroxylation is 2. The second kappa shape index (κ2) is 4.23. The van der Waals surface area contributed by atoms with Crippen molar-refractivity contribution in [1.29, 1.82) is 0 Å². The van der Waals surface area contributed by atoms with E-state index in [0.717, 1.165) is 31.2 Å². The van der Waals surface area contributed by atoms with Gasteiger partial charge in [0, 0.05) is 12.3 Å². The molecule has 1 saturated heterocycles. The molecule has 1 saturated carbocycles. The van der Waals surface area contributed by atoms with Crippen molar-refractivity contribution in [1.82, 2.24) is 4.98 Å². The molecule has 2 atom stereocenters. The van der Waals surface area contributed by atoms with Crippen LogP contribution in [0.1, 0.15) is 36.9 Å². The normalized spacial score (nSPS) is 30.4. The van der Waals surface area contributed by atoms with Crippen LogP contribution >= 0.6 is 0 Å². The highest BCUT2D eigenvalue weighted by Crippen LogP contribution is 2.39. The molecule has 2 heterocycles. The molecular formula is C15H20N2O. The second-order valence-corrected chi connectivity index (χ2v) is 5.87. The van der Waals surface area contributed by atoms with Crippen LogP contribution in [0.5, 0.6) is 0 Å². The number of ether oxygens (including phenoxy) is 1. The Balaban J connectivity index is 1.50. The van der Waals surface area contributed by atoms with E-state index in [1.54, 1.807) is 0 Å². The summed E-state index contributed by atoms with van der Waals surface area (Å²) in [5.41, 5.74) is 2.75. The molecule has 2 fully saturated rings. The number of pyridine rings is 1. The van der Waals surface area contributed by atoms with Crippen LogP contribution in [0.2, 0.25) is 0 Å². The minimum Gasteiger partial charge on any atom is -0.376 e. The summed E-state index contributed by atoms with van der Waals surface area (Å²) >= 11 is 0. The van der Waals surface area contributed by atoms with Crippen LogP contribution in [0.3, 0.4) is 0 Å². The van der Waals surface area contributed by atoms with Gasteiger partial charge in [0.05, 0.1) is 12.1 Å². The van der Waals surface area contributed by atoms with Crippen LogP contribution in [0.15, 0.2) is 12.1 Å². The van der Waals surface area contributed by atoms with E-state index in [-0.39, 0.29) is 0 Å². The van der Waals surface area contributed by atoms with E-state index >= 15 is 0 Å². The predicted octanol–water partition coefficient (Wildman–Crippen LogP) is 2.55. The third kappa shape index (κ3) is 1.91. The highest BCUT2D eigenvalue weighted by molar-refractivity contribution is 5.41. The van der Waals surface area contributed by atoms with E-state index in [2.05, 4.69) is 17.4 Å². The first-order chi connectivity index (χ1) is 8.90. The molecule has 1 aromatic rings. The maximum atomic E-state index is 5.86. The third-order valence-electron chi connectivity index (χ3n) is 4.48. The molecule has 1 aromatic heterocycles. The molecule has 3 nitrogen and oxygen atoms in total. The number of aromatic nitrogens is 1. The van der Waals surface area contributed by atoms with Gasteiger partial charge in [-0.3, -0.25) is 0 Å². The van der Waals surface area contributed by atoms with Crippen molar-refractivity contribution in [3.05, 3.63) is 23.4 Å². The van der Waals surface area contributed by atoms with E-state index in [9.17, 15) is 0 Å². The average molecular weight is 244 g/mol. The van der Waals surface area contributed by atoms with Gasteiger partial charge >= 0.3 is 0 Å². The number of nitrogens with zero attached hydrogens (tertiary/aromatic N) is 1. The van der Waals surface area contributed by atoms with Gasteiger partial charge < -0.3 is 10.1 Å². The molecule has 0 spiro atoms. The first kappa shape index (κ1) is 10.8. The first-order valence-corrected chi connectivity index (χ1v) is 7.27. The molecular weight excluding hydrogens is 224 g/mol. The lowest BCUT2D eigenvalue weighted by Crippen LogP contribution is -2.31. The second-order valence-electron chi connectivity index (χ2n) is 5.87. The van der Waals surface area contributed by atoms with Gasteiger partial charge in [0.15, 0.2) is 0 Å². The molecule has 1 N–H and O–H groups in total. The zero-order valence-electron chi connectivity index (χ0n) is 10.7. The molecule has 1 aliphatic heterocycles. The molecule has 2 unspecified atom stereocenters. The van der Waals surface area contributed by atoms with Crippen LogP contribution in [0.25, 0.3) is 0 Å². The average Bonchev–Trinajstić information content (AvgIpc) is 2.95. The molecule has 0 radical (unpaired) electrons. The molecule has 0 aromatic carbocycles. The molecule has 3 aliphatic rings. The van der Waals surface area contributed by atoms with Gasteiger partial charge in [-0.2, -0.15) is 0 Å². The Labute approximate surface area is 108 Å². The molecule has 18 heavy (non-hydrogen) atoms. The van der Waals surface area contributed by atoms with Crippen molar-refractivity contribution in [2.45, 2.75) is 50.7 Å². The van der Waals surface area contributed by atoms with Gasteiger partial charge in [0.25, 0.3) is 0 Å². The summed E-state index contributed by atoms with van der Waals surface area (Å²) < 4.78 is 5.86. The fraction of sp³-hybridized carbons (Fsp3) is 0.667. The van der Waals surface area contributed by atoms with Gasteiger partial charge in [-0.1, -0.05) is 6.07 Å². The number of hydrogen-bond acceptors (Lipinski definition) is 3. The van der Waals surface area contributed by atoms with Gasteiger partial charge in [0.2, 0.25) is 0 Å². The Morgan fingerprint density at radius 2 is 2.11 bits per heavy atom. The van der Waals surface area contributed by atoms with Crippen LogP contribution in [0, 0.1) is 5.92 Å². The Hall–Kier alpha value is -1.09. The van der Waals surface area contributed by atoms with Crippen LogP contribution in [-0.2, 0) is 17.6 Å². The predicted molar refractivity (Wildman–Crippen MR) is 70.8 cm³/mol. The van der Waals surface area contributed by atoms with Crippen molar-refractivity contribution >= 4 is 5.82 Å². The lowest BCUT2D eigenvalue weighted by atomic mass is 10.1. The summed E-state index contributed by atoms with van der Waals surface area (Å²) in [7, 11) is 0. The van der Waals surface area contributed by atoms with E-state index in [4.69, 9.17) is 9.72 Å². The summed E-state index contributed by atoms with van der Waals surface area (Å²) in [6.07, 6.45) is 7.88. The lowest BCUT2D eigenvalue weighted by molar-refractivity contribution is 0.0898. The molecule has 2 aliphatic carbocycles. The molecule has 4 rings (SSSR count). The number of rotatable bonds is 3. The van der Waals surface area contributed by atoms with Crippen LogP contribution < -0.4 is 5.32 Å². The van der Waals surface area contributed by atoms with Gasteiger partial charge in [0.1, 0.15) is 5.82 Å². The summed E-state index contributed by atoms with van der Waals surface area (Å²) in [6, 6.07) is 4.87. The van der Waals surface area contributed by atoms with Crippen molar-refractivity contribution in [3.8, 4) is 0 Å². The van der Waals surface area contributed by atoms with Crippen molar-refractivity contribution in [3.63, 3.8) is 0 Å². The van der Waals surface area contributed by atoms with Crippen LogP contribution in [-0.4, -0.2) is 23.7 Å². The number of nitrogens with one attached hydrogen (secondary N) is 1. The van der Waals surface area contributed by atoms with E-state index in [1.807, 2.05) is 0 Å². The maximum absolute atomic E-state index is 5.86. The summed E-state index contributed by atoms with van der Waals surface area (Å²) in [5, 5.41) is 3.61. The molecule has 96 valence electrons. The number of anilines is 1. The van der Waals surface area contributed by atoms with Gasteiger partial charge in [-0.05, 0) is 56.1 Å². The smallest absolute Gasteiger partial charge is 0.126 e. The molecule has 0 amide bonds. The number of fused-ring (bicyclic) bond motifs is 1. The fourth-order valence-electron chi connectivity index (χ4n) is 3.35. The molecule has 3 heteroatoms. The largest absolute Gasteiger partial charge is 0.376 e. The third-order valence-corrected chi connectivity index (χ3v) is 4.48. The molecule has 0 bridgehead atoms. The highest BCUT2D eigenvalue weighted by Gasteiger charge is 2.40. The minimum absolute atomic E-state index is 0.431. The summed E-state index contributed by atoms with van der Waals surface area (Å²) in [5.74, 6) is 1.86. The van der Waals surface area contributed by atoms with Gasteiger partial charge in [-0.15, -0.1) is 0 Å². The Kier molecular flexibility index (Phi) is 2.54. The van der Waals surface area contributed by atoms with Crippen molar-refractivity contribution in [2.24, 2.45) is 5.92 Å². The van der Waals surface area contributed by atoms with Crippen molar-refractivity contribution < 1.29 is 4.74 Å². The van der Waals surface area contributed by atoms with Gasteiger partial charge in [-0.25, -0.2) is 4.98 Å². The fourth-order valence-corrected chi connectivity index (χ4v) is 3.35. The zero-order chi connectivity index (χ0) is 11.9. The highest BCUT2D eigenvalue weighted by atomic mass is 16.5. The monoisotopic (exact) mass is 244 g/mol. The van der Waals surface area contributed by atoms with E-state index in [0.29, 0.717) is 12.1 Å².